The number of carboxylic acids is 1. The number of unbranched alkanes of at least 4 members (excludes halogenated alkanes) is 25. The normalized spacial score (nSPS) is 14.1. The van der Waals surface area contributed by atoms with Crippen LogP contribution in [-0.4, -0.2) is 60.5 Å². The van der Waals surface area contributed by atoms with Crippen LogP contribution in [0.4, 0.5) is 0 Å². The highest BCUT2D eigenvalue weighted by Gasteiger charge is 2.27. The van der Waals surface area contributed by atoms with Crippen LogP contribution >= 0.6 is 7.82 Å². The van der Waals surface area contributed by atoms with E-state index < -0.39 is 45.1 Å². The molecule has 0 aliphatic heterocycles. The molecule has 10 nitrogen and oxygen atoms in total. The summed E-state index contributed by atoms with van der Waals surface area (Å²) in [5.74, 6) is -1.79. The lowest BCUT2D eigenvalue weighted by molar-refractivity contribution is -0.154. The second kappa shape index (κ2) is 40.6. The van der Waals surface area contributed by atoms with Crippen molar-refractivity contribution in [2.24, 2.45) is 5.73 Å². The first-order chi connectivity index (χ1) is 26.7. The molecule has 0 bridgehead atoms. The maximum atomic E-state index is 12.6. The molecular formula is C44H84NO9P. The lowest BCUT2D eigenvalue weighted by Crippen LogP contribution is -2.34. The Bertz CT molecular complexity index is 977. The number of phosphoric acid groups is 1. The van der Waals surface area contributed by atoms with Crippen LogP contribution in [0.5, 0.6) is 0 Å². The zero-order valence-electron chi connectivity index (χ0n) is 35.3. The molecule has 3 atom stereocenters. The van der Waals surface area contributed by atoms with Crippen LogP contribution in [0.25, 0.3) is 0 Å². The Labute approximate surface area is 336 Å². The lowest BCUT2D eigenvalue weighted by atomic mass is 10.1. The molecule has 0 aromatic heterocycles. The molecule has 3 unspecified atom stereocenters. The van der Waals surface area contributed by atoms with Gasteiger partial charge in [-0.3, -0.25) is 18.6 Å². The summed E-state index contributed by atoms with van der Waals surface area (Å²) in [6, 6.07) is -1.47. The van der Waals surface area contributed by atoms with Crippen molar-refractivity contribution in [1.29, 1.82) is 0 Å². The van der Waals surface area contributed by atoms with Gasteiger partial charge < -0.3 is 25.2 Å². The van der Waals surface area contributed by atoms with Crippen LogP contribution < -0.4 is 5.73 Å². The minimum Gasteiger partial charge on any atom is -0.480 e. The maximum absolute atomic E-state index is 12.6. The average Bonchev–Trinajstić information content (AvgIpc) is 3.16. The van der Waals surface area contributed by atoms with Crippen LogP contribution in [0.1, 0.15) is 206 Å². The summed E-state index contributed by atoms with van der Waals surface area (Å²) in [5, 5.41) is 8.89. The van der Waals surface area contributed by atoms with E-state index in [1.807, 2.05) is 0 Å². The fourth-order valence-electron chi connectivity index (χ4n) is 6.17. The van der Waals surface area contributed by atoms with E-state index in [1.165, 1.54) is 122 Å². The summed E-state index contributed by atoms with van der Waals surface area (Å²) in [6.07, 6.45) is 43.8. The van der Waals surface area contributed by atoms with Crippen LogP contribution in [0.15, 0.2) is 24.3 Å². The van der Waals surface area contributed by atoms with Gasteiger partial charge in [-0.15, -0.1) is 0 Å². The molecule has 324 valence electrons. The van der Waals surface area contributed by atoms with Crippen molar-refractivity contribution in [1.82, 2.24) is 0 Å². The SMILES string of the molecule is CCCC/C=C\CCCCCCCC(=O)OC(COCCCCCCCCCCCC/C=C\CCCCCCCCCC)COP(=O)(O)OCC(N)C(=O)O. The van der Waals surface area contributed by atoms with Gasteiger partial charge in [0.25, 0.3) is 0 Å². The Hall–Kier alpha value is -1.55. The number of allylic oxidation sites excluding steroid dienone is 4. The topological polar surface area (TPSA) is 155 Å². The monoisotopic (exact) mass is 802 g/mol. The fraction of sp³-hybridized carbons (Fsp3) is 0.864. The quantitative estimate of drug-likeness (QED) is 0.0235. The molecule has 0 aromatic rings. The molecule has 55 heavy (non-hydrogen) atoms. The second-order valence-corrected chi connectivity index (χ2v) is 16.6. The molecule has 0 fully saturated rings. The predicted octanol–water partition coefficient (Wildman–Crippen LogP) is 12.3. The van der Waals surface area contributed by atoms with Gasteiger partial charge >= 0.3 is 19.8 Å². The number of aliphatic carboxylic acids is 1. The van der Waals surface area contributed by atoms with Gasteiger partial charge in [0.1, 0.15) is 12.1 Å². The number of hydrogen-bond donors (Lipinski definition) is 3. The van der Waals surface area contributed by atoms with Gasteiger partial charge in [0.05, 0.1) is 19.8 Å². The van der Waals surface area contributed by atoms with Crippen molar-refractivity contribution in [3.05, 3.63) is 24.3 Å². The Morgan fingerprint density at radius 1 is 0.564 bits per heavy atom. The zero-order valence-corrected chi connectivity index (χ0v) is 36.2. The smallest absolute Gasteiger partial charge is 0.472 e. The first-order valence-corrected chi connectivity index (χ1v) is 23.9. The van der Waals surface area contributed by atoms with Crippen molar-refractivity contribution < 1.29 is 42.7 Å². The van der Waals surface area contributed by atoms with E-state index in [-0.39, 0.29) is 13.0 Å². The van der Waals surface area contributed by atoms with Gasteiger partial charge in [0, 0.05) is 13.0 Å². The minimum atomic E-state index is -4.61. The van der Waals surface area contributed by atoms with Gasteiger partial charge in [-0.2, -0.15) is 0 Å². The number of nitrogens with two attached hydrogens (primary N) is 1. The minimum absolute atomic E-state index is 0.0151. The first-order valence-electron chi connectivity index (χ1n) is 22.4. The van der Waals surface area contributed by atoms with E-state index in [9.17, 15) is 19.0 Å². The highest BCUT2D eigenvalue weighted by Crippen LogP contribution is 2.43. The maximum Gasteiger partial charge on any atom is 0.472 e. The number of phosphoric ester groups is 1. The van der Waals surface area contributed by atoms with Crippen molar-refractivity contribution in [3.8, 4) is 0 Å². The van der Waals surface area contributed by atoms with Gasteiger partial charge in [-0.25, -0.2) is 4.57 Å². The third kappa shape index (κ3) is 40.4. The molecule has 0 aliphatic rings. The van der Waals surface area contributed by atoms with Crippen LogP contribution in [-0.2, 0) is 32.7 Å². The molecule has 0 aromatic carbocycles. The molecule has 11 heteroatoms. The highest BCUT2D eigenvalue weighted by atomic mass is 31.2. The molecule has 0 spiro atoms. The van der Waals surface area contributed by atoms with Crippen molar-refractivity contribution in [2.75, 3.05) is 26.4 Å². The van der Waals surface area contributed by atoms with Gasteiger partial charge in [-0.05, 0) is 57.8 Å². The Morgan fingerprint density at radius 2 is 0.964 bits per heavy atom. The number of ether oxygens (including phenoxy) is 2. The van der Waals surface area contributed by atoms with E-state index in [0.717, 1.165) is 57.8 Å². The van der Waals surface area contributed by atoms with E-state index in [0.29, 0.717) is 13.0 Å². The predicted molar refractivity (Wildman–Crippen MR) is 226 cm³/mol. The molecule has 0 saturated carbocycles. The number of carbonyl (C=O) groups excluding carboxylic acids is 1. The highest BCUT2D eigenvalue weighted by molar-refractivity contribution is 7.47. The molecule has 0 heterocycles. The summed E-state index contributed by atoms with van der Waals surface area (Å²) >= 11 is 0. The van der Waals surface area contributed by atoms with E-state index in [2.05, 4.69) is 38.2 Å². The third-order valence-electron chi connectivity index (χ3n) is 9.70. The molecular weight excluding hydrogens is 717 g/mol. The van der Waals surface area contributed by atoms with E-state index in [1.54, 1.807) is 0 Å². The van der Waals surface area contributed by atoms with Crippen LogP contribution in [0.2, 0.25) is 0 Å². The summed E-state index contributed by atoms with van der Waals surface area (Å²) < 4.78 is 33.3. The summed E-state index contributed by atoms with van der Waals surface area (Å²) in [7, 11) is -4.61. The summed E-state index contributed by atoms with van der Waals surface area (Å²) in [6.45, 7) is 3.84. The summed E-state index contributed by atoms with van der Waals surface area (Å²) in [5.41, 5.74) is 5.35. The Kier molecular flexibility index (Phi) is 39.5. The fourth-order valence-corrected chi connectivity index (χ4v) is 6.95. The summed E-state index contributed by atoms with van der Waals surface area (Å²) in [4.78, 5) is 33.5. The standard InChI is InChI=1S/C44H84NO9P/c1-3-5-7-9-11-13-15-16-17-18-19-20-21-22-23-24-25-27-29-31-33-35-37-51-38-41(39-52-55(49,50)53-40-42(45)44(47)48)54-43(46)36-34-32-30-28-26-14-12-10-8-6-4-2/h10,12,18-19,41-42H,3-9,11,13-17,20-40,45H2,1-2H3,(H,47,48)(H,49,50)/b12-10-,19-18-. The Morgan fingerprint density at radius 3 is 1.44 bits per heavy atom. The van der Waals surface area contributed by atoms with Gasteiger partial charge in [0.2, 0.25) is 0 Å². The molecule has 4 N–H and O–H groups in total. The number of hydrogen-bond acceptors (Lipinski definition) is 8. The number of esters is 1. The molecule has 0 amide bonds. The zero-order chi connectivity index (χ0) is 40.5. The number of carboxylic acid groups (broad SMARTS) is 1. The van der Waals surface area contributed by atoms with Crippen molar-refractivity contribution >= 4 is 19.8 Å². The molecule has 0 rings (SSSR count). The largest absolute Gasteiger partial charge is 0.480 e. The van der Waals surface area contributed by atoms with Crippen molar-refractivity contribution in [3.63, 3.8) is 0 Å². The average molecular weight is 802 g/mol. The molecule has 0 aliphatic carbocycles. The lowest BCUT2D eigenvalue weighted by Gasteiger charge is -2.20. The second-order valence-electron chi connectivity index (χ2n) is 15.2. The number of carbonyl (C=O) groups is 2. The van der Waals surface area contributed by atoms with Crippen LogP contribution in [0.3, 0.4) is 0 Å². The van der Waals surface area contributed by atoms with E-state index >= 15 is 0 Å². The number of rotatable bonds is 43. The third-order valence-corrected chi connectivity index (χ3v) is 10.7. The van der Waals surface area contributed by atoms with Gasteiger partial charge in [0.15, 0.2) is 0 Å². The van der Waals surface area contributed by atoms with Crippen molar-refractivity contribution in [2.45, 2.75) is 219 Å². The molecule has 0 saturated heterocycles. The van der Waals surface area contributed by atoms with Gasteiger partial charge in [-0.1, -0.05) is 167 Å². The molecule has 0 radical (unpaired) electrons. The van der Waals surface area contributed by atoms with E-state index in [4.69, 9.17) is 29.4 Å². The van der Waals surface area contributed by atoms with Crippen LogP contribution in [0, 0.1) is 0 Å². The Balaban J connectivity index is 4.11. The first kappa shape index (κ1) is 53.5.